The largest absolute Gasteiger partial charge is 0.481 e. The van der Waals surface area contributed by atoms with Crippen molar-refractivity contribution in [1.29, 1.82) is 0 Å². The van der Waals surface area contributed by atoms with Crippen molar-refractivity contribution >= 4 is 5.97 Å². The van der Waals surface area contributed by atoms with E-state index in [0.29, 0.717) is 0 Å². The van der Waals surface area contributed by atoms with Crippen LogP contribution in [-0.4, -0.2) is 11.1 Å². The predicted molar refractivity (Wildman–Crippen MR) is 34.2 cm³/mol. The number of carboxylic acid groups (broad SMARTS) is 1. The Kier molecular flexibility index (Phi) is 2.09. The molecule has 0 aromatic carbocycles. The van der Waals surface area contributed by atoms with Crippen molar-refractivity contribution < 1.29 is 9.90 Å². The van der Waals surface area contributed by atoms with Gasteiger partial charge in [0.1, 0.15) is 0 Å². The summed E-state index contributed by atoms with van der Waals surface area (Å²) >= 11 is 0. The first kappa shape index (κ1) is 6.59. The lowest BCUT2D eigenvalue weighted by Crippen LogP contribution is -2.16. The van der Waals surface area contributed by atoms with Crippen LogP contribution in [0.5, 0.6) is 0 Å². The summed E-state index contributed by atoms with van der Waals surface area (Å²) in [4.78, 5) is 10.4. The molecule has 2 nitrogen and oxygen atoms in total. The molecule has 0 atom stereocenters. The van der Waals surface area contributed by atoms with E-state index in [-0.39, 0.29) is 5.92 Å². The zero-order valence-electron chi connectivity index (χ0n) is 5.47. The van der Waals surface area contributed by atoms with Crippen molar-refractivity contribution in [3.05, 3.63) is 0 Å². The molecule has 1 rings (SSSR count). The molecule has 1 N–H and O–H groups in total. The van der Waals surface area contributed by atoms with Gasteiger partial charge in [-0.05, 0) is 12.8 Å². The second-order valence-corrected chi connectivity index (χ2v) is 2.67. The van der Waals surface area contributed by atoms with Crippen molar-refractivity contribution in [1.82, 2.24) is 0 Å². The lowest BCUT2D eigenvalue weighted by atomic mass is 9.96. The number of carboxylic acids is 1. The van der Waals surface area contributed by atoms with Gasteiger partial charge in [0.05, 0.1) is 5.92 Å². The van der Waals surface area contributed by atoms with Gasteiger partial charge in [-0.3, -0.25) is 4.79 Å². The number of hydrogen-bond donors (Lipinski definition) is 1. The van der Waals surface area contributed by atoms with Crippen LogP contribution in [0.2, 0.25) is 0 Å². The minimum Gasteiger partial charge on any atom is -0.481 e. The molecule has 1 aliphatic carbocycles. The van der Waals surface area contributed by atoms with Gasteiger partial charge in [-0.1, -0.05) is 19.3 Å². The maximum Gasteiger partial charge on any atom is 0.306 e. The summed E-state index contributed by atoms with van der Waals surface area (Å²) in [5.74, 6) is -0.631. The first-order chi connectivity index (χ1) is 4.30. The van der Waals surface area contributed by atoms with Crippen LogP contribution >= 0.6 is 0 Å². The zero-order valence-corrected chi connectivity index (χ0v) is 5.47. The van der Waals surface area contributed by atoms with E-state index >= 15 is 0 Å². The van der Waals surface area contributed by atoms with Gasteiger partial charge in [0.15, 0.2) is 0 Å². The minimum atomic E-state index is -0.602. The van der Waals surface area contributed by atoms with Crippen molar-refractivity contribution in [3.63, 3.8) is 0 Å². The Morgan fingerprint density at radius 3 is 2.11 bits per heavy atom. The molecule has 0 unspecified atom stereocenters. The summed E-state index contributed by atoms with van der Waals surface area (Å²) < 4.78 is 0. The number of hydrogen-bond acceptors (Lipinski definition) is 1. The van der Waals surface area contributed by atoms with E-state index in [4.69, 9.17) is 5.11 Å². The average Bonchev–Trinajstić information content (AvgIpc) is 1.90. The van der Waals surface area contributed by atoms with E-state index in [1.165, 1.54) is 6.42 Å². The van der Waals surface area contributed by atoms with Crippen LogP contribution in [0.25, 0.3) is 0 Å². The first-order valence-electron chi connectivity index (χ1n) is 3.53. The predicted octanol–water partition coefficient (Wildman–Crippen LogP) is 1.65. The summed E-state index contributed by atoms with van der Waals surface area (Å²) in [5.41, 5.74) is 0. The van der Waals surface area contributed by atoms with Crippen LogP contribution in [0.4, 0.5) is 0 Å². The van der Waals surface area contributed by atoms with Crippen molar-refractivity contribution in [2.24, 2.45) is 5.92 Å². The highest BCUT2D eigenvalue weighted by atomic mass is 16.6. The van der Waals surface area contributed by atoms with E-state index in [2.05, 4.69) is 0 Å². The third-order valence-electron chi connectivity index (χ3n) is 1.95. The smallest absolute Gasteiger partial charge is 0.306 e. The second-order valence-electron chi connectivity index (χ2n) is 2.67. The average molecular weight is 130 g/mol. The van der Waals surface area contributed by atoms with Gasteiger partial charge >= 0.3 is 5.97 Å². The van der Waals surface area contributed by atoms with Gasteiger partial charge in [0.25, 0.3) is 0 Å². The Labute approximate surface area is 54.9 Å². The van der Waals surface area contributed by atoms with Crippen molar-refractivity contribution in [3.8, 4) is 0 Å². The van der Waals surface area contributed by atoms with Gasteiger partial charge in [-0.2, -0.15) is 0 Å². The third-order valence-corrected chi connectivity index (χ3v) is 1.95. The van der Waals surface area contributed by atoms with Crippen LogP contribution in [0.1, 0.15) is 32.1 Å². The summed E-state index contributed by atoms with van der Waals surface area (Å²) in [6.45, 7) is 0. The fraction of sp³-hybridized carbons (Fsp3) is 0.857. The maximum absolute atomic E-state index is 10.4. The fourth-order valence-corrected chi connectivity index (χ4v) is 1.35. The molecule has 0 bridgehead atoms. The second kappa shape index (κ2) is 2.85. The third kappa shape index (κ3) is 1.70. The van der Waals surface area contributed by atoms with Crippen LogP contribution in [0, 0.1) is 5.92 Å². The Morgan fingerprint density at radius 2 is 1.78 bits per heavy atom. The van der Waals surface area contributed by atoms with Crippen LogP contribution in [-0.2, 0) is 4.79 Å². The van der Waals surface area contributed by atoms with Crippen LogP contribution < -0.4 is 0 Å². The van der Waals surface area contributed by atoms with Crippen molar-refractivity contribution in [2.45, 2.75) is 32.1 Å². The quantitative estimate of drug-likeness (QED) is 0.586. The molecular formula is C7H12O2. The molecular weight excluding hydrogens is 118 g/mol. The first-order valence-corrected chi connectivity index (χ1v) is 3.53. The van der Waals surface area contributed by atoms with Gasteiger partial charge in [-0.15, -0.1) is 0 Å². The molecule has 52 valence electrons. The van der Waals surface area contributed by atoms with Gasteiger partial charge < -0.3 is 5.11 Å². The van der Waals surface area contributed by atoms with Crippen molar-refractivity contribution in [2.75, 3.05) is 0 Å². The van der Waals surface area contributed by atoms with Crippen LogP contribution in [0.15, 0.2) is 0 Å². The van der Waals surface area contributed by atoms with Gasteiger partial charge in [0, 0.05) is 0 Å². The molecule has 0 amide bonds. The number of rotatable bonds is 1. The highest BCUT2D eigenvalue weighted by molar-refractivity contribution is 5.69. The normalized spacial score (nSPS) is 21.8. The summed E-state index contributed by atoms with van der Waals surface area (Å²) in [6.07, 6.45) is 5.24. The monoisotopic (exact) mass is 130 g/mol. The van der Waals surface area contributed by atoms with E-state index in [1.54, 1.807) is 0 Å². The summed E-state index contributed by atoms with van der Waals surface area (Å²) in [6, 6.07) is 0. The topological polar surface area (TPSA) is 37.3 Å². The van der Waals surface area contributed by atoms with Gasteiger partial charge in [-0.25, -0.2) is 0 Å². The number of aliphatic carboxylic acids is 1. The zero-order chi connectivity index (χ0) is 6.69. The lowest BCUT2D eigenvalue weighted by Gasteiger charge is -2.16. The van der Waals surface area contributed by atoms with E-state index in [0.717, 1.165) is 25.7 Å². The lowest BCUT2D eigenvalue weighted by molar-refractivity contribution is -0.142. The Balaban J connectivity index is 2.31. The molecule has 0 spiro atoms. The standard InChI is InChI=1S/C7H12O2/c8-7(9)6-4-2-1-3-5-6/h6H,1-5H2,(H,8,9)/i7+2. The highest BCUT2D eigenvalue weighted by Gasteiger charge is 2.19. The molecule has 0 aliphatic heterocycles. The molecule has 1 aliphatic rings. The molecule has 1 saturated carbocycles. The molecule has 0 radical (unpaired) electrons. The fourth-order valence-electron chi connectivity index (χ4n) is 1.35. The summed E-state index contributed by atoms with van der Waals surface area (Å²) in [5, 5.41) is 8.54. The summed E-state index contributed by atoms with van der Waals surface area (Å²) in [7, 11) is 0. The SMILES string of the molecule is O=[14C](O)C1CCCCC1. The van der Waals surface area contributed by atoms with E-state index < -0.39 is 5.97 Å². The molecule has 0 saturated heterocycles. The molecule has 0 aromatic heterocycles. The Hall–Kier alpha value is -0.530. The molecule has 0 heterocycles. The molecule has 9 heavy (non-hydrogen) atoms. The molecule has 0 aromatic rings. The molecule has 2 heteroatoms. The minimum absolute atomic E-state index is 0.0289. The Bertz CT molecular complexity index is 103. The highest BCUT2D eigenvalue weighted by Crippen LogP contribution is 2.23. The van der Waals surface area contributed by atoms with Gasteiger partial charge in [0.2, 0.25) is 0 Å². The van der Waals surface area contributed by atoms with Crippen LogP contribution in [0.3, 0.4) is 0 Å². The van der Waals surface area contributed by atoms with E-state index in [9.17, 15) is 4.79 Å². The number of carbonyl (C=O) groups is 1. The maximum atomic E-state index is 10.4. The molecule has 1 fully saturated rings. The Morgan fingerprint density at radius 1 is 1.22 bits per heavy atom. The van der Waals surface area contributed by atoms with E-state index in [1.807, 2.05) is 0 Å².